The van der Waals surface area contributed by atoms with Gasteiger partial charge in [0, 0.05) is 6.07 Å². The van der Waals surface area contributed by atoms with Crippen molar-refractivity contribution in [3.05, 3.63) is 97.5 Å². The van der Waals surface area contributed by atoms with E-state index in [0.717, 1.165) is 17.8 Å². The van der Waals surface area contributed by atoms with Crippen LogP contribution in [0.5, 0.6) is 0 Å². The number of rotatable bonds is 6. The van der Waals surface area contributed by atoms with Crippen LogP contribution in [0.3, 0.4) is 0 Å². The van der Waals surface area contributed by atoms with Crippen LogP contribution in [-0.2, 0) is 4.79 Å². The SMILES string of the molecule is Cc1ccc(NC(=O)CSc2nc3ccccc3c(=O)n2-c2ccc(F)c(Cl)c2)c([N+](=O)[O-])c1. The summed E-state index contributed by atoms with van der Waals surface area (Å²) < 4.78 is 15.0. The molecule has 0 bridgehead atoms. The second-order valence-electron chi connectivity index (χ2n) is 7.27. The molecule has 3 aromatic carbocycles. The number of nitrogens with one attached hydrogen (secondary N) is 1. The average Bonchev–Trinajstić information content (AvgIpc) is 2.81. The zero-order chi connectivity index (χ0) is 24.4. The van der Waals surface area contributed by atoms with Crippen LogP contribution in [0.1, 0.15) is 5.56 Å². The number of hydrogen-bond acceptors (Lipinski definition) is 6. The van der Waals surface area contributed by atoms with Crippen molar-refractivity contribution >= 4 is 51.5 Å². The van der Waals surface area contributed by atoms with E-state index in [9.17, 15) is 24.1 Å². The van der Waals surface area contributed by atoms with E-state index in [-0.39, 0.29) is 33.0 Å². The molecule has 0 fully saturated rings. The van der Waals surface area contributed by atoms with Gasteiger partial charge < -0.3 is 5.32 Å². The molecule has 34 heavy (non-hydrogen) atoms. The maximum Gasteiger partial charge on any atom is 0.293 e. The van der Waals surface area contributed by atoms with Gasteiger partial charge in [0.1, 0.15) is 11.5 Å². The Kier molecular flexibility index (Phi) is 6.62. The Morgan fingerprint density at radius 1 is 1.21 bits per heavy atom. The molecule has 8 nitrogen and oxygen atoms in total. The summed E-state index contributed by atoms with van der Waals surface area (Å²) in [6.45, 7) is 1.71. The van der Waals surface area contributed by atoms with Gasteiger partial charge in [-0.15, -0.1) is 0 Å². The number of aryl methyl sites for hydroxylation is 1. The summed E-state index contributed by atoms with van der Waals surface area (Å²) >= 11 is 6.88. The molecule has 1 amide bonds. The Labute approximate surface area is 201 Å². The number of nitro groups is 1. The summed E-state index contributed by atoms with van der Waals surface area (Å²) in [6.07, 6.45) is 0. The third-order valence-corrected chi connectivity index (χ3v) is 6.09. The van der Waals surface area contributed by atoms with Crippen LogP contribution in [0, 0.1) is 22.9 Å². The maximum absolute atomic E-state index is 13.7. The van der Waals surface area contributed by atoms with Crippen LogP contribution in [0.25, 0.3) is 16.6 Å². The van der Waals surface area contributed by atoms with Crippen LogP contribution in [0.2, 0.25) is 5.02 Å². The fourth-order valence-electron chi connectivity index (χ4n) is 3.28. The minimum Gasteiger partial charge on any atom is -0.320 e. The van der Waals surface area contributed by atoms with Gasteiger partial charge in [0.2, 0.25) is 5.91 Å². The van der Waals surface area contributed by atoms with E-state index in [1.165, 1.54) is 28.8 Å². The Bertz CT molecular complexity index is 1510. The first kappa shape index (κ1) is 23.4. The number of anilines is 1. The van der Waals surface area contributed by atoms with Crippen molar-refractivity contribution in [2.75, 3.05) is 11.1 Å². The molecule has 1 N–H and O–H groups in total. The van der Waals surface area contributed by atoms with Crippen molar-refractivity contribution in [3.63, 3.8) is 0 Å². The third-order valence-electron chi connectivity index (χ3n) is 4.86. The van der Waals surface area contributed by atoms with Gasteiger partial charge in [0.05, 0.1) is 32.3 Å². The van der Waals surface area contributed by atoms with E-state index in [4.69, 9.17) is 11.6 Å². The number of nitrogens with zero attached hydrogens (tertiary/aromatic N) is 3. The largest absolute Gasteiger partial charge is 0.320 e. The molecule has 0 radical (unpaired) electrons. The van der Waals surface area contributed by atoms with Crippen molar-refractivity contribution in [3.8, 4) is 5.69 Å². The molecule has 0 aliphatic carbocycles. The van der Waals surface area contributed by atoms with Gasteiger partial charge in [0.25, 0.3) is 11.2 Å². The van der Waals surface area contributed by atoms with Gasteiger partial charge >= 0.3 is 0 Å². The second-order valence-corrected chi connectivity index (χ2v) is 8.61. The Morgan fingerprint density at radius 2 is 1.97 bits per heavy atom. The zero-order valence-electron chi connectivity index (χ0n) is 17.6. The van der Waals surface area contributed by atoms with Crippen molar-refractivity contribution in [1.29, 1.82) is 0 Å². The van der Waals surface area contributed by atoms with Gasteiger partial charge in [-0.25, -0.2) is 9.37 Å². The van der Waals surface area contributed by atoms with Crippen molar-refractivity contribution < 1.29 is 14.1 Å². The molecule has 0 aliphatic heterocycles. The number of aromatic nitrogens is 2. The lowest BCUT2D eigenvalue weighted by atomic mass is 10.2. The monoisotopic (exact) mass is 498 g/mol. The summed E-state index contributed by atoms with van der Waals surface area (Å²) in [5.41, 5.74) is 0.822. The highest BCUT2D eigenvalue weighted by Crippen LogP contribution is 2.27. The fourth-order valence-corrected chi connectivity index (χ4v) is 4.26. The lowest BCUT2D eigenvalue weighted by Crippen LogP contribution is -2.23. The normalized spacial score (nSPS) is 10.9. The number of nitro benzene ring substituents is 1. The molecule has 1 aromatic heterocycles. The van der Waals surface area contributed by atoms with Crippen molar-refractivity contribution in [2.24, 2.45) is 0 Å². The molecule has 0 aliphatic rings. The van der Waals surface area contributed by atoms with Gasteiger partial charge in [-0.1, -0.05) is 41.6 Å². The molecular formula is C23H16ClFN4O4S. The summed E-state index contributed by atoms with van der Waals surface area (Å²) in [5, 5.41) is 14.2. The molecule has 0 saturated carbocycles. The minimum absolute atomic E-state index is 0.0652. The molecule has 0 saturated heterocycles. The van der Waals surface area contributed by atoms with E-state index in [1.807, 2.05) is 0 Å². The van der Waals surface area contributed by atoms with Gasteiger partial charge in [-0.2, -0.15) is 0 Å². The third kappa shape index (κ3) is 4.78. The summed E-state index contributed by atoms with van der Waals surface area (Å²) in [5.74, 6) is -1.35. The number of amides is 1. The topological polar surface area (TPSA) is 107 Å². The first-order valence-corrected chi connectivity index (χ1v) is 11.3. The van der Waals surface area contributed by atoms with Gasteiger partial charge in [-0.3, -0.25) is 24.3 Å². The molecule has 4 rings (SSSR count). The van der Waals surface area contributed by atoms with E-state index in [2.05, 4.69) is 10.3 Å². The summed E-state index contributed by atoms with van der Waals surface area (Å²) in [7, 11) is 0. The molecule has 4 aromatic rings. The van der Waals surface area contributed by atoms with E-state index < -0.39 is 22.2 Å². The number of para-hydroxylation sites is 1. The van der Waals surface area contributed by atoms with Crippen LogP contribution in [0.15, 0.2) is 70.6 Å². The number of hydrogen-bond donors (Lipinski definition) is 1. The minimum atomic E-state index is -0.638. The Hall–Kier alpha value is -3.76. The number of carbonyl (C=O) groups excluding carboxylic acids is 1. The smallest absolute Gasteiger partial charge is 0.293 e. The highest BCUT2D eigenvalue weighted by Gasteiger charge is 2.19. The quantitative estimate of drug-likeness (QED) is 0.171. The summed E-state index contributed by atoms with van der Waals surface area (Å²) in [4.78, 5) is 41.1. The average molecular weight is 499 g/mol. The first-order chi connectivity index (χ1) is 16.2. The van der Waals surface area contributed by atoms with Crippen LogP contribution in [0.4, 0.5) is 15.8 Å². The van der Waals surface area contributed by atoms with Gasteiger partial charge in [-0.05, 0) is 48.9 Å². The number of benzene rings is 3. The van der Waals surface area contributed by atoms with E-state index in [0.29, 0.717) is 16.5 Å². The number of halogens is 2. The lowest BCUT2D eigenvalue weighted by molar-refractivity contribution is -0.384. The fraction of sp³-hybridized carbons (Fsp3) is 0.0870. The molecular weight excluding hydrogens is 483 g/mol. The number of thioether (sulfide) groups is 1. The molecule has 0 atom stereocenters. The second kappa shape index (κ2) is 9.62. The van der Waals surface area contributed by atoms with E-state index >= 15 is 0 Å². The Balaban J connectivity index is 1.68. The van der Waals surface area contributed by atoms with Crippen LogP contribution < -0.4 is 10.9 Å². The predicted molar refractivity (Wildman–Crippen MR) is 129 cm³/mol. The molecule has 0 unspecified atom stereocenters. The Morgan fingerprint density at radius 3 is 2.71 bits per heavy atom. The maximum atomic E-state index is 13.7. The zero-order valence-corrected chi connectivity index (χ0v) is 19.2. The van der Waals surface area contributed by atoms with E-state index in [1.54, 1.807) is 37.3 Å². The highest BCUT2D eigenvalue weighted by atomic mass is 35.5. The summed E-state index contributed by atoms with van der Waals surface area (Å²) in [6, 6.07) is 15.0. The van der Waals surface area contributed by atoms with Crippen LogP contribution in [-0.4, -0.2) is 26.1 Å². The molecule has 1 heterocycles. The van der Waals surface area contributed by atoms with Gasteiger partial charge in [0.15, 0.2) is 5.16 Å². The standard InChI is InChI=1S/C23H16ClFN4O4S/c1-13-6-9-19(20(10-13)29(32)33)26-21(30)12-34-23-27-18-5-3-2-4-15(18)22(31)28(23)14-7-8-17(25)16(24)11-14/h2-11H,12H2,1H3,(H,26,30). The van der Waals surface area contributed by atoms with Crippen LogP contribution >= 0.6 is 23.4 Å². The first-order valence-electron chi connectivity index (χ1n) is 9.89. The highest BCUT2D eigenvalue weighted by molar-refractivity contribution is 7.99. The molecule has 11 heteroatoms. The molecule has 0 spiro atoms. The number of carbonyl (C=O) groups is 1. The lowest BCUT2D eigenvalue weighted by Gasteiger charge is -2.14. The predicted octanol–water partition coefficient (Wildman–Crippen LogP) is 5.13. The van der Waals surface area contributed by atoms with Crippen molar-refractivity contribution in [2.45, 2.75) is 12.1 Å². The van der Waals surface area contributed by atoms with Crippen molar-refractivity contribution in [1.82, 2.24) is 9.55 Å². The molecule has 172 valence electrons. The number of fused-ring (bicyclic) bond motifs is 1.